The minimum atomic E-state index is 0.0984. The maximum absolute atomic E-state index is 6.09. The molecule has 3 saturated heterocycles. The third kappa shape index (κ3) is 4.75. The van der Waals surface area contributed by atoms with Crippen LogP contribution in [0.15, 0.2) is 0 Å². The van der Waals surface area contributed by atoms with E-state index in [-0.39, 0.29) is 5.60 Å². The summed E-state index contributed by atoms with van der Waals surface area (Å²) < 4.78 is 6.09. The molecule has 3 heterocycles. The Morgan fingerprint density at radius 3 is 2.38 bits per heavy atom. The van der Waals surface area contributed by atoms with Crippen molar-refractivity contribution in [2.45, 2.75) is 70.8 Å². The summed E-state index contributed by atoms with van der Waals surface area (Å²) in [5, 5.41) is 0. The number of nitrogens with zero attached hydrogens (tertiary/aromatic N) is 2. The predicted octanol–water partition coefficient (Wildman–Crippen LogP) is 3.54. The second-order valence-electron chi connectivity index (χ2n) is 8.58. The van der Waals surface area contributed by atoms with E-state index in [4.69, 9.17) is 4.74 Å². The number of hydrogen-bond donors (Lipinski definition) is 0. The molecule has 0 aliphatic carbocycles. The van der Waals surface area contributed by atoms with Crippen molar-refractivity contribution < 1.29 is 4.74 Å². The number of piperidine rings is 2. The van der Waals surface area contributed by atoms with Crippen LogP contribution in [0.3, 0.4) is 0 Å². The summed E-state index contributed by atoms with van der Waals surface area (Å²) in [7, 11) is 0. The molecule has 3 rings (SSSR count). The van der Waals surface area contributed by atoms with E-state index < -0.39 is 0 Å². The van der Waals surface area contributed by atoms with Crippen molar-refractivity contribution in [3.63, 3.8) is 0 Å². The van der Waals surface area contributed by atoms with Crippen LogP contribution in [-0.4, -0.2) is 61.3 Å². The molecule has 0 aromatic rings. The first-order valence-corrected chi connectivity index (χ1v) is 10.2. The molecule has 2 atom stereocenters. The lowest BCUT2D eigenvalue weighted by Crippen LogP contribution is -2.51. The van der Waals surface area contributed by atoms with Crippen LogP contribution in [0.4, 0.5) is 0 Å². The van der Waals surface area contributed by atoms with Gasteiger partial charge < -0.3 is 4.74 Å². The van der Waals surface area contributed by atoms with Gasteiger partial charge in [0.15, 0.2) is 0 Å². The SMILES string of the molecule is CC[C@]1(C)C[C@@]2(CCCN(CC#CCN3CCCCC3)C2)CCO1. The van der Waals surface area contributed by atoms with E-state index in [0.29, 0.717) is 5.41 Å². The van der Waals surface area contributed by atoms with Gasteiger partial charge in [-0.2, -0.15) is 0 Å². The maximum atomic E-state index is 6.09. The highest BCUT2D eigenvalue weighted by Crippen LogP contribution is 2.45. The lowest BCUT2D eigenvalue weighted by Gasteiger charge is -2.50. The molecular formula is C21H36N2O. The molecule has 0 radical (unpaired) electrons. The van der Waals surface area contributed by atoms with E-state index in [0.717, 1.165) is 26.1 Å². The van der Waals surface area contributed by atoms with Crippen molar-refractivity contribution in [3.05, 3.63) is 0 Å². The van der Waals surface area contributed by atoms with Crippen LogP contribution >= 0.6 is 0 Å². The van der Waals surface area contributed by atoms with Crippen molar-refractivity contribution in [2.24, 2.45) is 5.41 Å². The number of likely N-dealkylation sites (tertiary alicyclic amines) is 2. The Bertz CT molecular complexity index is 458. The van der Waals surface area contributed by atoms with Crippen molar-refractivity contribution in [1.29, 1.82) is 0 Å². The first-order valence-electron chi connectivity index (χ1n) is 10.2. The summed E-state index contributed by atoms with van der Waals surface area (Å²) in [6, 6.07) is 0. The van der Waals surface area contributed by atoms with E-state index in [2.05, 4.69) is 35.5 Å². The quantitative estimate of drug-likeness (QED) is 0.735. The third-order valence-electron chi connectivity index (χ3n) is 6.50. The molecule has 3 aliphatic rings. The zero-order valence-corrected chi connectivity index (χ0v) is 15.9. The standard InChI is InChI=1S/C21H36N2O/c1-3-20(2)18-21(11-17-24-20)10-9-16-23(19-21)15-8-7-14-22-12-5-4-6-13-22/h3-6,9-19H2,1-2H3/t20-,21-/m1/s1. The molecule has 0 bridgehead atoms. The lowest BCUT2D eigenvalue weighted by molar-refractivity contribution is -0.132. The minimum absolute atomic E-state index is 0.0984. The first-order chi connectivity index (χ1) is 11.6. The van der Waals surface area contributed by atoms with Crippen LogP contribution in [-0.2, 0) is 4.74 Å². The highest BCUT2D eigenvalue weighted by molar-refractivity contribution is 5.05. The summed E-state index contributed by atoms with van der Waals surface area (Å²) in [6.45, 7) is 12.4. The fourth-order valence-corrected chi connectivity index (χ4v) is 4.92. The van der Waals surface area contributed by atoms with E-state index >= 15 is 0 Å². The van der Waals surface area contributed by atoms with Crippen LogP contribution in [0.25, 0.3) is 0 Å². The van der Waals surface area contributed by atoms with E-state index in [1.165, 1.54) is 71.1 Å². The van der Waals surface area contributed by atoms with Gasteiger partial charge in [0.05, 0.1) is 18.7 Å². The van der Waals surface area contributed by atoms with Gasteiger partial charge in [-0.25, -0.2) is 0 Å². The van der Waals surface area contributed by atoms with Gasteiger partial charge in [0.1, 0.15) is 0 Å². The minimum Gasteiger partial charge on any atom is -0.375 e. The molecule has 3 fully saturated rings. The summed E-state index contributed by atoms with van der Waals surface area (Å²) in [4.78, 5) is 5.12. The van der Waals surface area contributed by atoms with Crippen molar-refractivity contribution in [3.8, 4) is 11.8 Å². The van der Waals surface area contributed by atoms with Crippen LogP contribution in [0.1, 0.15) is 65.2 Å². The Kier molecular flexibility index (Phi) is 6.24. The largest absolute Gasteiger partial charge is 0.375 e. The Morgan fingerprint density at radius 2 is 1.62 bits per heavy atom. The summed E-state index contributed by atoms with van der Waals surface area (Å²) >= 11 is 0. The van der Waals surface area contributed by atoms with Gasteiger partial charge in [-0.05, 0) is 76.9 Å². The average molecular weight is 333 g/mol. The molecule has 0 saturated carbocycles. The molecule has 0 unspecified atom stereocenters. The summed E-state index contributed by atoms with van der Waals surface area (Å²) in [5.74, 6) is 6.89. The highest BCUT2D eigenvalue weighted by Gasteiger charge is 2.44. The molecule has 0 aromatic carbocycles. The van der Waals surface area contributed by atoms with Gasteiger partial charge in [-0.3, -0.25) is 9.80 Å². The monoisotopic (exact) mass is 332 g/mol. The van der Waals surface area contributed by atoms with Gasteiger partial charge >= 0.3 is 0 Å². The van der Waals surface area contributed by atoms with Crippen molar-refractivity contribution in [1.82, 2.24) is 9.80 Å². The van der Waals surface area contributed by atoms with Gasteiger partial charge in [-0.1, -0.05) is 25.2 Å². The number of ether oxygens (including phenoxy) is 1. The average Bonchev–Trinajstić information content (AvgIpc) is 2.60. The van der Waals surface area contributed by atoms with Crippen molar-refractivity contribution in [2.75, 3.05) is 45.9 Å². The molecule has 0 aromatic heterocycles. The smallest absolute Gasteiger partial charge is 0.0657 e. The van der Waals surface area contributed by atoms with Gasteiger partial charge in [0, 0.05) is 13.2 Å². The van der Waals surface area contributed by atoms with Crippen LogP contribution in [0.2, 0.25) is 0 Å². The molecule has 24 heavy (non-hydrogen) atoms. The zero-order valence-electron chi connectivity index (χ0n) is 15.9. The Morgan fingerprint density at radius 1 is 0.917 bits per heavy atom. The summed E-state index contributed by atoms with van der Waals surface area (Å²) in [6.07, 6.45) is 10.4. The molecular weight excluding hydrogens is 296 g/mol. The second kappa shape index (κ2) is 8.21. The fraction of sp³-hybridized carbons (Fsp3) is 0.905. The van der Waals surface area contributed by atoms with E-state index in [1.54, 1.807) is 0 Å². The van der Waals surface area contributed by atoms with Gasteiger partial charge in [0.2, 0.25) is 0 Å². The van der Waals surface area contributed by atoms with E-state index in [1.807, 2.05) is 0 Å². The Hall–Kier alpha value is -0.560. The lowest BCUT2D eigenvalue weighted by atomic mass is 9.68. The molecule has 136 valence electrons. The van der Waals surface area contributed by atoms with Crippen molar-refractivity contribution >= 4 is 0 Å². The number of rotatable bonds is 3. The fourth-order valence-electron chi connectivity index (χ4n) is 4.92. The Balaban J connectivity index is 1.49. The van der Waals surface area contributed by atoms with Gasteiger partial charge in [-0.15, -0.1) is 0 Å². The number of hydrogen-bond acceptors (Lipinski definition) is 3. The molecule has 1 spiro atoms. The molecule has 3 nitrogen and oxygen atoms in total. The molecule has 0 amide bonds. The molecule has 3 heteroatoms. The first kappa shape index (κ1) is 18.2. The normalized spacial score (nSPS) is 35.6. The second-order valence-corrected chi connectivity index (χ2v) is 8.58. The summed E-state index contributed by atoms with van der Waals surface area (Å²) in [5.41, 5.74) is 0.580. The highest BCUT2D eigenvalue weighted by atomic mass is 16.5. The van der Waals surface area contributed by atoms with Crippen LogP contribution in [0, 0.1) is 17.3 Å². The maximum Gasteiger partial charge on any atom is 0.0657 e. The molecule has 3 aliphatic heterocycles. The van der Waals surface area contributed by atoms with E-state index in [9.17, 15) is 0 Å². The Labute approximate surface area is 149 Å². The third-order valence-corrected chi connectivity index (χ3v) is 6.50. The predicted molar refractivity (Wildman–Crippen MR) is 100 cm³/mol. The van der Waals surface area contributed by atoms with Gasteiger partial charge in [0.25, 0.3) is 0 Å². The van der Waals surface area contributed by atoms with Crippen LogP contribution < -0.4 is 0 Å². The zero-order chi connectivity index (χ0) is 16.9. The molecule has 0 N–H and O–H groups in total. The topological polar surface area (TPSA) is 15.7 Å². The van der Waals surface area contributed by atoms with Crippen LogP contribution in [0.5, 0.6) is 0 Å².